The third-order valence-electron chi connectivity index (χ3n) is 6.03. The molecule has 2 amide bonds. The summed E-state index contributed by atoms with van der Waals surface area (Å²) >= 11 is 0. The van der Waals surface area contributed by atoms with Crippen molar-refractivity contribution < 1.29 is 19.2 Å². The number of nitrogens with zero attached hydrogens (tertiary/aromatic N) is 4. The van der Waals surface area contributed by atoms with Crippen LogP contribution in [0.3, 0.4) is 0 Å². The third-order valence-corrected chi connectivity index (χ3v) is 6.03. The lowest BCUT2D eigenvalue weighted by atomic mass is 9.92. The molecular formula is C25H44N6O4. The smallest absolute Gasteiger partial charge is 0.259 e. The summed E-state index contributed by atoms with van der Waals surface area (Å²) in [7, 11) is 4.75. The minimum atomic E-state index is -0.271. The zero-order valence-corrected chi connectivity index (χ0v) is 22.7. The van der Waals surface area contributed by atoms with Gasteiger partial charge in [-0.15, -0.1) is 0 Å². The maximum atomic E-state index is 14.0. The maximum absolute atomic E-state index is 14.0. The van der Waals surface area contributed by atoms with Crippen molar-refractivity contribution in [2.24, 2.45) is 11.8 Å². The number of aromatic nitrogens is 2. The number of carbonyl (C=O) groups is 2. The van der Waals surface area contributed by atoms with Crippen molar-refractivity contribution >= 4 is 17.6 Å². The van der Waals surface area contributed by atoms with Gasteiger partial charge in [0, 0.05) is 64.6 Å². The van der Waals surface area contributed by atoms with Gasteiger partial charge in [0.25, 0.3) is 5.91 Å². The van der Waals surface area contributed by atoms with E-state index in [1.165, 1.54) is 12.2 Å². The number of nitrogens with one attached hydrogen (secondary N) is 2. The lowest BCUT2D eigenvalue weighted by molar-refractivity contribution is -0.174. The van der Waals surface area contributed by atoms with Gasteiger partial charge in [-0.3, -0.25) is 14.4 Å². The second-order valence-electron chi connectivity index (χ2n) is 10.6. The van der Waals surface area contributed by atoms with E-state index in [9.17, 15) is 9.59 Å². The minimum Gasteiger partial charge on any atom is -0.385 e. The highest BCUT2D eigenvalue weighted by molar-refractivity contribution is 5.98. The Morgan fingerprint density at radius 2 is 1.97 bits per heavy atom. The van der Waals surface area contributed by atoms with Crippen LogP contribution in [0.25, 0.3) is 0 Å². The first-order valence-corrected chi connectivity index (χ1v) is 12.4. The number of ether oxygens (including phenoxy) is 1. The van der Waals surface area contributed by atoms with Crippen LogP contribution in [0.15, 0.2) is 6.20 Å². The summed E-state index contributed by atoms with van der Waals surface area (Å²) in [4.78, 5) is 42.9. The van der Waals surface area contributed by atoms with Crippen LogP contribution in [0.4, 0.5) is 5.82 Å². The van der Waals surface area contributed by atoms with E-state index in [0.717, 1.165) is 6.42 Å². The normalized spacial score (nSPS) is 18.4. The molecule has 2 unspecified atom stereocenters. The van der Waals surface area contributed by atoms with Gasteiger partial charge in [-0.1, -0.05) is 34.6 Å². The van der Waals surface area contributed by atoms with Gasteiger partial charge in [0.15, 0.2) is 0 Å². The van der Waals surface area contributed by atoms with Gasteiger partial charge >= 0.3 is 0 Å². The van der Waals surface area contributed by atoms with Crippen molar-refractivity contribution in [3.8, 4) is 0 Å². The molecule has 10 nitrogen and oxygen atoms in total. The Labute approximate surface area is 210 Å². The van der Waals surface area contributed by atoms with E-state index in [-0.39, 0.29) is 35.1 Å². The van der Waals surface area contributed by atoms with Crippen LogP contribution in [0, 0.1) is 11.8 Å². The Bertz CT molecular complexity index is 842. The average molecular weight is 493 g/mol. The number of carbonyl (C=O) groups excluding carboxylic acids is 2. The predicted octanol–water partition coefficient (Wildman–Crippen LogP) is 2.32. The van der Waals surface area contributed by atoms with Crippen LogP contribution in [-0.4, -0.2) is 91.8 Å². The summed E-state index contributed by atoms with van der Waals surface area (Å²) in [5.74, 6) is 0.965. The summed E-state index contributed by atoms with van der Waals surface area (Å²) in [6, 6.07) is -0.138. The van der Waals surface area contributed by atoms with E-state index in [2.05, 4.69) is 29.5 Å². The van der Waals surface area contributed by atoms with Crippen LogP contribution in [-0.2, 0) is 19.8 Å². The molecule has 1 aliphatic rings. The zero-order chi connectivity index (χ0) is 26.2. The molecule has 1 fully saturated rings. The Kier molecular flexibility index (Phi) is 10.9. The van der Waals surface area contributed by atoms with Gasteiger partial charge in [-0.2, -0.15) is 0 Å². The van der Waals surface area contributed by atoms with Gasteiger partial charge in [-0.05, 0) is 18.8 Å². The highest BCUT2D eigenvalue weighted by atomic mass is 16.7. The molecule has 35 heavy (non-hydrogen) atoms. The van der Waals surface area contributed by atoms with E-state index in [4.69, 9.17) is 14.6 Å². The molecule has 1 aromatic heterocycles. The molecule has 0 radical (unpaired) electrons. The summed E-state index contributed by atoms with van der Waals surface area (Å²) < 4.78 is 5.16. The fourth-order valence-electron chi connectivity index (χ4n) is 4.10. The van der Waals surface area contributed by atoms with E-state index >= 15 is 0 Å². The second-order valence-corrected chi connectivity index (χ2v) is 10.6. The summed E-state index contributed by atoms with van der Waals surface area (Å²) in [5, 5.41) is 7.92. The summed E-state index contributed by atoms with van der Waals surface area (Å²) in [6.07, 6.45) is 2.99. The quantitative estimate of drug-likeness (QED) is 0.358. The maximum Gasteiger partial charge on any atom is 0.259 e. The molecule has 0 aromatic carbocycles. The lowest BCUT2D eigenvalue weighted by Gasteiger charge is -2.39. The second kappa shape index (κ2) is 13.1. The Hall–Kier alpha value is -2.30. The van der Waals surface area contributed by atoms with E-state index in [1.54, 1.807) is 20.4 Å². The number of anilines is 1. The molecule has 198 valence electrons. The fourth-order valence-corrected chi connectivity index (χ4v) is 4.10. The number of hydrogen-bond acceptors (Lipinski definition) is 8. The van der Waals surface area contributed by atoms with Crippen LogP contribution in [0.2, 0.25) is 0 Å². The molecule has 2 atom stereocenters. The van der Waals surface area contributed by atoms with Crippen molar-refractivity contribution in [1.29, 1.82) is 0 Å². The van der Waals surface area contributed by atoms with Crippen molar-refractivity contribution in [2.75, 3.05) is 59.4 Å². The van der Waals surface area contributed by atoms with Crippen molar-refractivity contribution in [1.82, 2.24) is 25.2 Å². The van der Waals surface area contributed by atoms with Crippen LogP contribution in [0.5, 0.6) is 0 Å². The van der Waals surface area contributed by atoms with Crippen LogP contribution in [0.1, 0.15) is 63.6 Å². The Morgan fingerprint density at radius 1 is 1.26 bits per heavy atom. The van der Waals surface area contributed by atoms with E-state index < -0.39 is 0 Å². The molecule has 0 spiro atoms. The van der Waals surface area contributed by atoms with Gasteiger partial charge in [-0.25, -0.2) is 15.0 Å². The largest absolute Gasteiger partial charge is 0.385 e. The predicted molar refractivity (Wildman–Crippen MR) is 136 cm³/mol. The molecule has 2 N–H and O–H groups in total. The number of rotatable bonds is 11. The third kappa shape index (κ3) is 8.12. The average Bonchev–Trinajstić information content (AvgIpc) is 2.83. The molecule has 2 heterocycles. The standard InChI is InChI=1S/C25H44N6O4/c1-17(2)16-31(19-12-18(13-26-14-19)22(32)30(6)35-8)23(33)20-15-28-24(25(3,4)5)29-21(20)27-10-9-11-34-7/h15,17-19,26H,9-14,16H2,1-8H3,(H,27,28,29). The van der Waals surface area contributed by atoms with Crippen molar-refractivity contribution in [2.45, 2.75) is 58.9 Å². The first-order chi connectivity index (χ1) is 16.5. The molecule has 2 rings (SSSR count). The van der Waals surface area contributed by atoms with E-state index in [0.29, 0.717) is 56.4 Å². The minimum absolute atomic E-state index is 0.0972. The molecular weight excluding hydrogens is 448 g/mol. The van der Waals surface area contributed by atoms with Gasteiger partial charge < -0.3 is 20.3 Å². The topological polar surface area (TPSA) is 109 Å². The molecule has 1 saturated heterocycles. The summed E-state index contributed by atoms with van der Waals surface area (Å²) in [5.41, 5.74) is 0.190. The fraction of sp³-hybridized carbons (Fsp3) is 0.760. The highest BCUT2D eigenvalue weighted by Crippen LogP contribution is 2.26. The van der Waals surface area contributed by atoms with Gasteiger partial charge in [0.05, 0.1) is 13.0 Å². The zero-order valence-electron chi connectivity index (χ0n) is 22.7. The number of amides is 2. The number of hydroxylamine groups is 2. The molecule has 0 saturated carbocycles. The highest BCUT2D eigenvalue weighted by Gasteiger charge is 2.35. The Balaban J connectivity index is 2.36. The number of methoxy groups -OCH3 is 1. The van der Waals surface area contributed by atoms with Crippen LogP contribution < -0.4 is 10.6 Å². The molecule has 10 heteroatoms. The first-order valence-electron chi connectivity index (χ1n) is 12.4. The van der Waals surface area contributed by atoms with Crippen molar-refractivity contribution in [3.05, 3.63) is 17.6 Å². The molecule has 1 aromatic rings. The Morgan fingerprint density at radius 3 is 2.57 bits per heavy atom. The number of hydrogen-bond donors (Lipinski definition) is 2. The monoisotopic (exact) mass is 492 g/mol. The lowest BCUT2D eigenvalue weighted by Crippen LogP contribution is -2.54. The summed E-state index contributed by atoms with van der Waals surface area (Å²) in [6.45, 7) is 13.3. The number of piperidine rings is 1. The molecule has 0 bridgehead atoms. The van der Waals surface area contributed by atoms with Crippen LogP contribution >= 0.6 is 0 Å². The van der Waals surface area contributed by atoms with Gasteiger partial charge in [0.2, 0.25) is 5.91 Å². The first kappa shape index (κ1) is 28.9. The molecule has 0 aliphatic carbocycles. The molecule has 1 aliphatic heterocycles. The van der Waals surface area contributed by atoms with Gasteiger partial charge in [0.1, 0.15) is 17.2 Å². The van der Waals surface area contributed by atoms with E-state index in [1.807, 2.05) is 25.7 Å². The SMILES string of the molecule is COCCCNc1nc(C(C)(C)C)ncc1C(=O)N(CC(C)C)C1CNCC(C(=O)N(C)OC)C1. The van der Waals surface area contributed by atoms with Crippen molar-refractivity contribution in [3.63, 3.8) is 0 Å².